The Hall–Kier alpha value is -1.92. The lowest BCUT2D eigenvalue weighted by Gasteiger charge is -2.43. The Labute approximate surface area is 148 Å². The third-order valence-corrected chi connectivity index (χ3v) is 4.91. The summed E-state index contributed by atoms with van der Waals surface area (Å²) in [5, 5.41) is 0. The molecule has 0 N–H and O–H groups in total. The van der Waals surface area contributed by atoms with Crippen molar-refractivity contribution in [1.29, 1.82) is 0 Å². The van der Waals surface area contributed by atoms with Gasteiger partial charge < -0.3 is 19.3 Å². The van der Waals surface area contributed by atoms with E-state index in [1.54, 1.807) is 11.8 Å². The van der Waals surface area contributed by atoms with Gasteiger partial charge in [0.1, 0.15) is 6.10 Å². The van der Waals surface area contributed by atoms with E-state index in [-0.39, 0.29) is 24.0 Å². The SMILES string of the molecule is CC(=O)N(CCC(=O)N1CCO[C@@H]2COCC[C@@H]21)Cc1ccccc1. The van der Waals surface area contributed by atoms with Crippen LogP contribution in [0.2, 0.25) is 0 Å². The van der Waals surface area contributed by atoms with Crippen LogP contribution in [0.25, 0.3) is 0 Å². The van der Waals surface area contributed by atoms with Gasteiger partial charge >= 0.3 is 0 Å². The standard InChI is InChI=1S/C19H26N2O4/c1-15(22)20(13-16-5-3-2-4-6-16)9-7-19(23)21-10-12-25-18-14-24-11-8-17(18)21/h2-6,17-18H,7-14H2,1H3/t17-,18+/m0/s1. The highest BCUT2D eigenvalue weighted by molar-refractivity contribution is 5.78. The lowest BCUT2D eigenvalue weighted by Crippen LogP contribution is -2.57. The van der Waals surface area contributed by atoms with Gasteiger partial charge in [-0.1, -0.05) is 30.3 Å². The number of hydrogen-bond acceptors (Lipinski definition) is 4. The quantitative estimate of drug-likeness (QED) is 0.810. The molecule has 1 aromatic carbocycles. The van der Waals surface area contributed by atoms with Gasteiger partial charge in [0, 0.05) is 39.6 Å². The summed E-state index contributed by atoms with van der Waals surface area (Å²) in [6, 6.07) is 9.96. The molecule has 0 radical (unpaired) electrons. The number of morpholine rings is 1. The van der Waals surface area contributed by atoms with Crippen LogP contribution in [0, 0.1) is 0 Å². The zero-order valence-electron chi connectivity index (χ0n) is 14.7. The predicted octanol–water partition coefficient (Wildman–Crippen LogP) is 1.44. The highest BCUT2D eigenvalue weighted by atomic mass is 16.5. The molecule has 0 aliphatic carbocycles. The first-order chi connectivity index (χ1) is 12.1. The Bertz CT molecular complexity index is 590. The highest BCUT2D eigenvalue weighted by Crippen LogP contribution is 2.22. The van der Waals surface area contributed by atoms with Crippen LogP contribution in [0.3, 0.4) is 0 Å². The van der Waals surface area contributed by atoms with E-state index in [1.165, 1.54) is 0 Å². The topological polar surface area (TPSA) is 59.1 Å². The third-order valence-electron chi connectivity index (χ3n) is 4.91. The average molecular weight is 346 g/mol. The van der Waals surface area contributed by atoms with Gasteiger partial charge in [-0.05, 0) is 12.0 Å². The van der Waals surface area contributed by atoms with Crippen molar-refractivity contribution in [3.05, 3.63) is 35.9 Å². The van der Waals surface area contributed by atoms with Crippen LogP contribution in [-0.4, -0.2) is 66.7 Å². The minimum Gasteiger partial charge on any atom is -0.379 e. The van der Waals surface area contributed by atoms with Gasteiger partial charge in [0.2, 0.25) is 11.8 Å². The van der Waals surface area contributed by atoms with Crippen LogP contribution in [0.4, 0.5) is 0 Å². The van der Waals surface area contributed by atoms with E-state index in [0.717, 1.165) is 12.0 Å². The molecule has 0 saturated carbocycles. The van der Waals surface area contributed by atoms with Gasteiger partial charge in [-0.25, -0.2) is 0 Å². The largest absolute Gasteiger partial charge is 0.379 e. The molecular formula is C19H26N2O4. The number of hydrogen-bond donors (Lipinski definition) is 0. The minimum atomic E-state index is -0.0142. The summed E-state index contributed by atoms with van der Waals surface area (Å²) in [5.41, 5.74) is 1.07. The van der Waals surface area contributed by atoms with Crippen LogP contribution >= 0.6 is 0 Å². The maximum Gasteiger partial charge on any atom is 0.224 e. The van der Waals surface area contributed by atoms with E-state index in [1.807, 2.05) is 35.2 Å². The molecule has 2 fully saturated rings. The fraction of sp³-hybridized carbons (Fsp3) is 0.579. The number of rotatable bonds is 5. The lowest BCUT2D eigenvalue weighted by molar-refractivity contribution is -0.162. The summed E-state index contributed by atoms with van der Waals surface area (Å²) < 4.78 is 11.2. The van der Waals surface area contributed by atoms with Gasteiger partial charge in [0.25, 0.3) is 0 Å². The fourth-order valence-electron chi connectivity index (χ4n) is 3.52. The van der Waals surface area contributed by atoms with Crippen LogP contribution in [0.1, 0.15) is 25.3 Å². The molecule has 0 unspecified atom stereocenters. The second-order valence-electron chi connectivity index (χ2n) is 6.60. The molecule has 0 bridgehead atoms. The number of fused-ring (bicyclic) bond motifs is 1. The number of amides is 2. The zero-order valence-corrected chi connectivity index (χ0v) is 14.7. The van der Waals surface area contributed by atoms with Crippen LogP contribution in [-0.2, 0) is 25.6 Å². The number of benzene rings is 1. The molecular weight excluding hydrogens is 320 g/mol. The zero-order chi connectivity index (χ0) is 17.6. The second-order valence-corrected chi connectivity index (χ2v) is 6.60. The summed E-state index contributed by atoms with van der Waals surface area (Å²) in [6.45, 7) is 4.93. The van der Waals surface area contributed by atoms with E-state index in [0.29, 0.717) is 45.9 Å². The van der Waals surface area contributed by atoms with Crippen molar-refractivity contribution in [3.63, 3.8) is 0 Å². The van der Waals surface area contributed by atoms with E-state index in [4.69, 9.17) is 9.47 Å². The predicted molar refractivity (Wildman–Crippen MR) is 92.8 cm³/mol. The summed E-state index contributed by atoms with van der Waals surface area (Å²) in [4.78, 5) is 28.3. The average Bonchev–Trinajstić information content (AvgIpc) is 2.65. The summed E-state index contributed by atoms with van der Waals surface area (Å²) in [7, 11) is 0. The molecule has 0 aromatic heterocycles. The normalized spacial score (nSPS) is 23.0. The van der Waals surface area contributed by atoms with Crippen LogP contribution < -0.4 is 0 Å². The van der Waals surface area contributed by atoms with E-state index < -0.39 is 0 Å². The van der Waals surface area contributed by atoms with Gasteiger partial charge in [-0.2, -0.15) is 0 Å². The van der Waals surface area contributed by atoms with E-state index in [9.17, 15) is 9.59 Å². The first kappa shape index (κ1) is 17.9. The van der Waals surface area contributed by atoms with Crippen molar-refractivity contribution in [3.8, 4) is 0 Å². The number of ether oxygens (including phenoxy) is 2. The van der Waals surface area contributed by atoms with E-state index in [2.05, 4.69) is 0 Å². The Morgan fingerprint density at radius 2 is 2.04 bits per heavy atom. The van der Waals surface area contributed by atoms with Crippen molar-refractivity contribution >= 4 is 11.8 Å². The van der Waals surface area contributed by atoms with Gasteiger partial charge in [-0.15, -0.1) is 0 Å². The Morgan fingerprint density at radius 1 is 1.24 bits per heavy atom. The van der Waals surface area contributed by atoms with Crippen molar-refractivity contribution in [2.75, 3.05) is 32.9 Å². The van der Waals surface area contributed by atoms with Crippen LogP contribution in [0.15, 0.2) is 30.3 Å². The monoisotopic (exact) mass is 346 g/mol. The second kappa shape index (κ2) is 8.45. The Morgan fingerprint density at radius 3 is 2.80 bits per heavy atom. The smallest absolute Gasteiger partial charge is 0.224 e. The number of carbonyl (C=O) groups excluding carboxylic acids is 2. The Kier molecular flexibility index (Phi) is 6.04. The molecule has 2 atom stereocenters. The Balaban J connectivity index is 1.56. The molecule has 1 aromatic rings. The summed E-state index contributed by atoms with van der Waals surface area (Å²) in [5.74, 6) is 0.0853. The molecule has 2 heterocycles. The summed E-state index contributed by atoms with van der Waals surface area (Å²) in [6.07, 6.45) is 1.15. The number of nitrogens with zero attached hydrogens (tertiary/aromatic N) is 2. The maximum atomic E-state index is 12.7. The van der Waals surface area contributed by atoms with Gasteiger partial charge in [0.05, 0.1) is 19.3 Å². The molecule has 2 saturated heterocycles. The lowest BCUT2D eigenvalue weighted by atomic mass is 10.0. The first-order valence-electron chi connectivity index (χ1n) is 8.93. The highest BCUT2D eigenvalue weighted by Gasteiger charge is 2.37. The number of carbonyl (C=O) groups is 2. The fourth-order valence-corrected chi connectivity index (χ4v) is 3.52. The van der Waals surface area contributed by atoms with Gasteiger partial charge in [0.15, 0.2) is 0 Å². The molecule has 2 aliphatic heterocycles. The molecule has 136 valence electrons. The molecule has 0 spiro atoms. The van der Waals surface area contributed by atoms with Gasteiger partial charge in [-0.3, -0.25) is 9.59 Å². The molecule has 3 rings (SSSR count). The van der Waals surface area contributed by atoms with Crippen molar-refractivity contribution in [2.24, 2.45) is 0 Å². The summed E-state index contributed by atoms with van der Waals surface area (Å²) >= 11 is 0. The molecule has 2 aliphatic rings. The van der Waals surface area contributed by atoms with Crippen molar-refractivity contribution < 1.29 is 19.1 Å². The molecule has 6 heteroatoms. The van der Waals surface area contributed by atoms with Crippen molar-refractivity contribution in [1.82, 2.24) is 9.80 Å². The molecule has 2 amide bonds. The van der Waals surface area contributed by atoms with Crippen LogP contribution in [0.5, 0.6) is 0 Å². The maximum absolute atomic E-state index is 12.7. The first-order valence-corrected chi connectivity index (χ1v) is 8.93. The minimum absolute atomic E-state index is 0.0115. The third kappa shape index (κ3) is 4.58. The molecule has 25 heavy (non-hydrogen) atoms. The van der Waals surface area contributed by atoms with Crippen molar-refractivity contribution in [2.45, 2.75) is 38.5 Å². The van der Waals surface area contributed by atoms with E-state index >= 15 is 0 Å². The molecule has 6 nitrogen and oxygen atoms in total.